The van der Waals surface area contributed by atoms with Gasteiger partial charge >= 0.3 is 7.82 Å². The zero-order valence-electron chi connectivity index (χ0n) is 21.6. The Morgan fingerprint density at radius 2 is 1.57 bits per heavy atom. The van der Waals surface area contributed by atoms with E-state index in [1.807, 2.05) is 30.3 Å². The number of rotatable bonds is 8. The zero-order valence-corrected chi connectivity index (χ0v) is 22.5. The van der Waals surface area contributed by atoms with Crippen molar-refractivity contribution in [3.8, 4) is 40.0 Å². The summed E-state index contributed by atoms with van der Waals surface area (Å²) < 4.78 is 22.4. The second-order valence-electron chi connectivity index (χ2n) is 8.79. The third-order valence-electron chi connectivity index (χ3n) is 5.97. The Morgan fingerprint density at radius 3 is 2.36 bits per heavy atom. The normalized spacial score (nSPS) is 11.3. The summed E-state index contributed by atoms with van der Waals surface area (Å²) in [6.45, 7) is 0. The maximum atomic E-state index is 11.5. The first-order valence-corrected chi connectivity index (χ1v) is 13.9. The molecule has 6 rings (SSSR count). The monoisotopic (exact) mass is 580 g/mol. The van der Waals surface area contributed by atoms with E-state index in [0.717, 1.165) is 5.39 Å². The lowest BCUT2D eigenvalue weighted by molar-refractivity contribution is 0.283. The van der Waals surface area contributed by atoms with Crippen molar-refractivity contribution in [2.75, 3.05) is 11.1 Å². The largest absolute Gasteiger partial charge is 0.524 e. The molecule has 13 nitrogen and oxygen atoms in total. The Hall–Kier alpha value is -5.49. The molecule has 0 atom stereocenters. The van der Waals surface area contributed by atoms with Gasteiger partial charge in [-0.2, -0.15) is 0 Å². The number of hydrogen-bond acceptors (Lipinski definition) is 11. The highest BCUT2D eigenvalue weighted by molar-refractivity contribution is 7.46. The Bertz CT molecular complexity index is 1950. The molecule has 14 heteroatoms. The number of para-hydroxylation sites is 1. The molecule has 2 aromatic carbocycles. The third kappa shape index (κ3) is 5.83. The molecule has 42 heavy (non-hydrogen) atoms. The maximum absolute atomic E-state index is 11.5. The second-order valence-corrected chi connectivity index (χ2v) is 9.95. The molecule has 0 unspecified atom stereocenters. The minimum absolute atomic E-state index is 0.00923. The molecule has 0 aliphatic heterocycles. The standard InChI is InChI=1S/C28H21N8O5P/c29-28-31-15-13-22(34-28)20-9-5-14-30-27(20)40-24-12-11-17(16-32-24)33-26-19-7-2-1-6-18(19)25(35-36-26)21-8-3-4-10-23(21)41-42(37,38)39/h1-16H,(H,33,36)(H2,29,31,34)(H2,37,38,39). The number of hydrogen-bond donors (Lipinski definition) is 4. The molecule has 0 radical (unpaired) electrons. The van der Waals surface area contributed by atoms with Crippen LogP contribution in [-0.4, -0.2) is 39.9 Å². The van der Waals surface area contributed by atoms with Crippen LogP contribution < -0.4 is 20.3 Å². The summed E-state index contributed by atoms with van der Waals surface area (Å²) in [7, 11) is -4.79. The van der Waals surface area contributed by atoms with Crippen LogP contribution >= 0.6 is 7.82 Å². The fourth-order valence-electron chi connectivity index (χ4n) is 4.21. The molecule has 208 valence electrons. The van der Waals surface area contributed by atoms with Gasteiger partial charge in [-0.05, 0) is 36.4 Å². The average Bonchev–Trinajstić information content (AvgIpc) is 2.98. The quantitative estimate of drug-likeness (QED) is 0.173. The summed E-state index contributed by atoms with van der Waals surface area (Å²) in [6, 6.07) is 22.5. The summed E-state index contributed by atoms with van der Waals surface area (Å²) in [5.74, 6) is 1.18. The summed E-state index contributed by atoms with van der Waals surface area (Å²) in [5.41, 5.74) is 8.33. The van der Waals surface area contributed by atoms with Gasteiger partial charge in [0, 0.05) is 34.8 Å². The number of fused-ring (bicyclic) bond motifs is 1. The Labute approximate surface area is 238 Å². The lowest BCUT2D eigenvalue weighted by Crippen LogP contribution is -2.01. The van der Waals surface area contributed by atoms with E-state index in [4.69, 9.17) is 15.0 Å². The van der Waals surface area contributed by atoms with Crippen molar-refractivity contribution in [3.05, 3.63) is 97.5 Å². The fraction of sp³-hybridized carbons (Fsp3) is 0. The smallest absolute Gasteiger partial charge is 0.420 e. The predicted molar refractivity (Wildman–Crippen MR) is 155 cm³/mol. The maximum Gasteiger partial charge on any atom is 0.524 e. The van der Waals surface area contributed by atoms with Crippen LogP contribution in [0.15, 0.2) is 97.5 Å². The second kappa shape index (κ2) is 11.2. The molecule has 0 amide bonds. The number of phosphoric ester groups is 1. The predicted octanol–water partition coefficient (Wildman–Crippen LogP) is 5.13. The van der Waals surface area contributed by atoms with Crippen LogP contribution in [0.1, 0.15) is 0 Å². The van der Waals surface area contributed by atoms with Crippen LogP contribution in [-0.2, 0) is 4.57 Å². The first kappa shape index (κ1) is 26.7. The van der Waals surface area contributed by atoms with Crippen molar-refractivity contribution < 1.29 is 23.6 Å². The van der Waals surface area contributed by atoms with Crippen LogP contribution in [0.5, 0.6) is 17.5 Å². The molecule has 0 fully saturated rings. The number of ether oxygens (including phenoxy) is 1. The number of nitrogens with one attached hydrogen (secondary N) is 1. The summed E-state index contributed by atoms with van der Waals surface area (Å²) in [5, 5.41) is 13.4. The first-order chi connectivity index (χ1) is 20.3. The van der Waals surface area contributed by atoms with E-state index in [1.165, 1.54) is 6.07 Å². The molecule has 0 saturated carbocycles. The van der Waals surface area contributed by atoms with Gasteiger partial charge in [0.15, 0.2) is 5.82 Å². The van der Waals surface area contributed by atoms with Gasteiger partial charge in [-0.25, -0.2) is 24.5 Å². The van der Waals surface area contributed by atoms with Crippen molar-refractivity contribution in [2.45, 2.75) is 0 Å². The van der Waals surface area contributed by atoms with E-state index in [-0.39, 0.29) is 11.7 Å². The summed E-state index contributed by atoms with van der Waals surface area (Å²) in [6.07, 6.45) is 4.73. The highest BCUT2D eigenvalue weighted by Gasteiger charge is 2.21. The van der Waals surface area contributed by atoms with Crippen LogP contribution in [0.3, 0.4) is 0 Å². The van der Waals surface area contributed by atoms with Gasteiger partial charge < -0.3 is 20.3 Å². The van der Waals surface area contributed by atoms with Crippen LogP contribution in [0.4, 0.5) is 17.5 Å². The SMILES string of the molecule is Nc1nccc(-c2cccnc2Oc2ccc(Nc3nnc(-c4ccccc4OP(=O)(O)O)c4ccccc34)cn2)n1. The van der Waals surface area contributed by atoms with E-state index >= 15 is 0 Å². The Kier molecular flexibility index (Phi) is 7.11. The number of aromatic nitrogens is 6. The Morgan fingerprint density at radius 1 is 0.786 bits per heavy atom. The Balaban J connectivity index is 1.27. The molecule has 0 aliphatic carbocycles. The van der Waals surface area contributed by atoms with Crippen molar-refractivity contribution in [2.24, 2.45) is 0 Å². The summed E-state index contributed by atoms with van der Waals surface area (Å²) >= 11 is 0. The molecular weight excluding hydrogens is 559 g/mol. The summed E-state index contributed by atoms with van der Waals surface area (Å²) in [4.78, 5) is 35.6. The number of pyridine rings is 2. The van der Waals surface area contributed by atoms with Crippen molar-refractivity contribution >= 4 is 36.0 Å². The van der Waals surface area contributed by atoms with Crippen LogP contribution in [0.2, 0.25) is 0 Å². The van der Waals surface area contributed by atoms with Gasteiger partial charge in [-0.3, -0.25) is 9.79 Å². The molecule has 4 heterocycles. The van der Waals surface area contributed by atoms with Crippen LogP contribution in [0.25, 0.3) is 33.3 Å². The third-order valence-corrected chi connectivity index (χ3v) is 6.40. The molecule has 0 aliphatic rings. The van der Waals surface area contributed by atoms with Gasteiger partial charge in [0.05, 0.1) is 23.1 Å². The number of nitrogens with zero attached hydrogens (tertiary/aromatic N) is 6. The van der Waals surface area contributed by atoms with Gasteiger partial charge in [0.1, 0.15) is 11.4 Å². The lowest BCUT2D eigenvalue weighted by atomic mass is 10.0. The molecular formula is C28H21N8O5P. The average molecular weight is 581 g/mol. The van der Waals surface area contributed by atoms with E-state index in [2.05, 4.69) is 35.5 Å². The minimum Gasteiger partial charge on any atom is -0.420 e. The van der Waals surface area contributed by atoms with E-state index < -0.39 is 7.82 Å². The topological polar surface area (TPSA) is 191 Å². The van der Waals surface area contributed by atoms with Gasteiger partial charge in [-0.1, -0.05) is 36.4 Å². The molecule has 4 aromatic heterocycles. The molecule has 0 saturated heterocycles. The number of phosphoric acid groups is 1. The van der Waals surface area contributed by atoms with Crippen LogP contribution in [0, 0.1) is 0 Å². The van der Waals surface area contributed by atoms with Crippen molar-refractivity contribution in [1.29, 1.82) is 0 Å². The minimum atomic E-state index is -4.79. The van der Waals surface area contributed by atoms with Crippen molar-refractivity contribution in [1.82, 2.24) is 30.1 Å². The molecule has 5 N–H and O–H groups in total. The number of nitrogen functional groups attached to an aromatic ring is 1. The number of benzene rings is 2. The van der Waals surface area contributed by atoms with Gasteiger partial charge in [0.2, 0.25) is 17.7 Å². The van der Waals surface area contributed by atoms with E-state index in [9.17, 15) is 14.4 Å². The highest BCUT2D eigenvalue weighted by atomic mass is 31.2. The van der Waals surface area contributed by atoms with E-state index in [1.54, 1.807) is 61.1 Å². The molecule has 0 spiro atoms. The number of anilines is 3. The lowest BCUT2D eigenvalue weighted by Gasteiger charge is -2.14. The fourth-order valence-corrected chi connectivity index (χ4v) is 4.62. The van der Waals surface area contributed by atoms with Gasteiger partial charge in [0.25, 0.3) is 0 Å². The molecule has 0 bridgehead atoms. The highest BCUT2D eigenvalue weighted by Crippen LogP contribution is 2.43. The number of nitrogens with two attached hydrogens (primary N) is 1. The van der Waals surface area contributed by atoms with E-state index in [0.29, 0.717) is 51.2 Å². The van der Waals surface area contributed by atoms with Crippen molar-refractivity contribution in [3.63, 3.8) is 0 Å². The molecule has 6 aromatic rings. The zero-order chi connectivity index (χ0) is 29.1. The first-order valence-electron chi connectivity index (χ1n) is 12.4. The van der Waals surface area contributed by atoms with Gasteiger partial charge in [-0.15, -0.1) is 10.2 Å².